The van der Waals surface area contributed by atoms with Gasteiger partial charge >= 0.3 is 0 Å². The van der Waals surface area contributed by atoms with Crippen molar-refractivity contribution in [1.82, 2.24) is 9.97 Å². The molecule has 5 heteroatoms. The lowest BCUT2D eigenvalue weighted by molar-refractivity contribution is 0.628. The molecule has 1 aromatic carbocycles. The SMILES string of the molecule is CNc1cncc(-c2cc(F)cc(Cl)c2)n1. The Morgan fingerprint density at radius 2 is 2.06 bits per heavy atom. The summed E-state index contributed by atoms with van der Waals surface area (Å²) in [6, 6.07) is 4.27. The highest BCUT2D eigenvalue weighted by Crippen LogP contribution is 2.22. The highest BCUT2D eigenvalue weighted by Gasteiger charge is 2.04. The fourth-order valence-electron chi connectivity index (χ4n) is 1.33. The fraction of sp³-hybridized carbons (Fsp3) is 0.0909. The van der Waals surface area contributed by atoms with Crippen LogP contribution in [0.1, 0.15) is 0 Å². The molecular formula is C11H9ClFN3. The summed E-state index contributed by atoms with van der Waals surface area (Å²) in [5.74, 6) is 0.233. The van der Waals surface area contributed by atoms with Crippen LogP contribution in [0.5, 0.6) is 0 Å². The number of anilines is 1. The van der Waals surface area contributed by atoms with E-state index in [2.05, 4.69) is 15.3 Å². The van der Waals surface area contributed by atoms with Gasteiger partial charge in [-0.15, -0.1) is 0 Å². The van der Waals surface area contributed by atoms with Crippen molar-refractivity contribution in [2.45, 2.75) is 0 Å². The first kappa shape index (κ1) is 10.8. The minimum absolute atomic E-state index is 0.340. The second-order valence-corrected chi connectivity index (χ2v) is 3.63. The van der Waals surface area contributed by atoms with Gasteiger partial charge in [-0.3, -0.25) is 4.98 Å². The van der Waals surface area contributed by atoms with Crippen LogP contribution in [0.2, 0.25) is 5.02 Å². The zero-order valence-corrected chi connectivity index (χ0v) is 9.29. The Morgan fingerprint density at radius 1 is 1.25 bits per heavy atom. The van der Waals surface area contributed by atoms with Gasteiger partial charge in [0.05, 0.1) is 18.1 Å². The number of hydrogen-bond acceptors (Lipinski definition) is 3. The Bertz CT molecular complexity index is 496. The molecule has 1 aromatic heterocycles. The predicted molar refractivity (Wildman–Crippen MR) is 62.0 cm³/mol. The van der Waals surface area contributed by atoms with Gasteiger partial charge in [-0.1, -0.05) is 11.6 Å². The number of rotatable bonds is 2. The normalized spacial score (nSPS) is 10.2. The van der Waals surface area contributed by atoms with Crippen LogP contribution in [0.4, 0.5) is 10.2 Å². The maximum absolute atomic E-state index is 13.1. The highest BCUT2D eigenvalue weighted by molar-refractivity contribution is 6.30. The molecule has 0 amide bonds. The molecule has 82 valence electrons. The van der Waals surface area contributed by atoms with Crippen molar-refractivity contribution in [3.8, 4) is 11.3 Å². The minimum atomic E-state index is -0.390. The first-order valence-corrected chi connectivity index (χ1v) is 5.03. The van der Waals surface area contributed by atoms with Crippen molar-refractivity contribution in [2.24, 2.45) is 0 Å². The van der Waals surface area contributed by atoms with Gasteiger partial charge in [0.1, 0.15) is 11.6 Å². The van der Waals surface area contributed by atoms with Gasteiger partial charge in [-0.25, -0.2) is 9.37 Å². The molecule has 1 heterocycles. The molecule has 0 atom stereocenters. The summed E-state index contributed by atoms with van der Waals surface area (Å²) in [5, 5.41) is 3.21. The van der Waals surface area contributed by atoms with Crippen LogP contribution in [0, 0.1) is 5.82 Å². The van der Waals surface area contributed by atoms with E-state index in [-0.39, 0.29) is 5.82 Å². The lowest BCUT2D eigenvalue weighted by Crippen LogP contribution is -1.95. The number of halogens is 2. The maximum Gasteiger partial charge on any atom is 0.144 e. The van der Waals surface area contributed by atoms with E-state index in [0.717, 1.165) is 0 Å². The van der Waals surface area contributed by atoms with Gasteiger partial charge in [0, 0.05) is 17.6 Å². The van der Waals surface area contributed by atoms with Gasteiger partial charge in [-0.05, 0) is 18.2 Å². The van der Waals surface area contributed by atoms with E-state index >= 15 is 0 Å². The lowest BCUT2D eigenvalue weighted by Gasteiger charge is -2.04. The molecule has 0 fully saturated rings. The Labute approximate surface area is 97.3 Å². The molecule has 0 aliphatic heterocycles. The van der Waals surface area contributed by atoms with Crippen molar-refractivity contribution < 1.29 is 4.39 Å². The van der Waals surface area contributed by atoms with Gasteiger partial charge < -0.3 is 5.32 Å². The van der Waals surface area contributed by atoms with Crippen LogP contribution in [0.15, 0.2) is 30.6 Å². The Kier molecular flexibility index (Phi) is 3.01. The number of nitrogens with zero attached hydrogens (tertiary/aromatic N) is 2. The standard InChI is InChI=1S/C11H9ClFN3/c1-14-11-6-15-5-10(16-11)7-2-8(12)4-9(13)3-7/h2-6H,1H3,(H,14,16). The second kappa shape index (κ2) is 4.45. The van der Waals surface area contributed by atoms with Gasteiger partial charge in [0.2, 0.25) is 0 Å². The van der Waals surface area contributed by atoms with Crippen molar-refractivity contribution in [3.63, 3.8) is 0 Å². The smallest absolute Gasteiger partial charge is 0.144 e. The summed E-state index contributed by atoms with van der Waals surface area (Å²) in [7, 11) is 1.74. The minimum Gasteiger partial charge on any atom is -0.372 e. The molecule has 0 spiro atoms. The van der Waals surface area contributed by atoms with E-state index in [1.807, 2.05) is 0 Å². The molecule has 0 aliphatic carbocycles. The van der Waals surface area contributed by atoms with Crippen LogP contribution in [-0.4, -0.2) is 17.0 Å². The fourth-order valence-corrected chi connectivity index (χ4v) is 1.55. The van der Waals surface area contributed by atoms with Crippen LogP contribution >= 0.6 is 11.6 Å². The predicted octanol–water partition coefficient (Wildman–Crippen LogP) is 2.98. The van der Waals surface area contributed by atoms with E-state index in [9.17, 15) is 4.39 Å². The molecule has 0 unspecified atom stereocenters. The summed E-state index contributed by atoms with van der Waals surface area (Å²) in [4.78, 5) is 8.25. The van der Waals surface area contributed by atoms with Gasteiger partial charge in [-0.2, -0.15) is 0 Å². The number of benzene rings is 1. The van der Waals surface area contributed by atoms with E-state index in [1.54, 1.807) is 25.5 Å². The molecular weight excluding hydrogens is 229 g/mol. The largest absolute Gasteiger partial charge is 0.372 e. The first-order chi connectivity index (χ1) is 7.69. The van der Waals surface area contributed by atoms with E-state index in [4.69, 9.17) is 11.6 Å². The van der Waals surface area contributed by atoms with Gasteiger partial charge in [0.15, 0.2) is 0 Å². The number of aromatic nitrogens is 2. The van der Waals surface area contributed by atoms with E-state index in [0.29, 0.717) is 22.1 Å². The molecule has 2 rings (SSSR count). The summed E-state index contributed by atoms with van der Waals surface area (Å²) < 4.78 is 13.1. The van der Waals surface area contributed by atoms with Crippen LogP contribution < -0.4 is 5.32 Å². The van der Waals surface area contributed by atoms with E-state index < -0.39 is 0 Å². The van der Waals surface area contributed by atoms with Crippen LogP contribution in [0.25, 0.3) is 11.3 Å². The molecule has 3 nitrogen and oxygen atoms in total. The summed E-state index contributed by atoms with van der Waals surface area (Å²) in [5.41, 5.74) is 1.18. The van der Waals surface area contributed by atoms with Crippen molar-refractivity contribution >= 4 is 17.4 Å². The Morgan fingerprint density at radius 3 is 2.75 bits per heavy atom. The maximum atomic E-state index is 13.1. The third-order valence-corrected chi connectivity index (χ3v) is 2.27. The van der Waals surface area contributed by atoms with E-state index in [1.165, 1.54) is 12.1 Å². The number of nitrogens with one attached hydrogen (secondary N) is 1. The molecule has 0 saturated heterocycles. The van der Waals surface area contributed by atoms with Crippen molar-refractivity contribution in [1.29, 1.82) is 0 Å². The molecule has 1 N–H and O–H groups in total. The zero-order chi connectivity index (χ0) is 11.5. The molecule has 16 heavy (non-hydrogen) atoms. The Hall–Kier alpha value is -1.68. The molecule has 0 aliphatic rings. The third kappa shape index (κ3) is 2.28. The average molecular weight is 238 g/mol. The van der Waals surface area contributed by atoms with Gasteiger partial charge in [0.25, 0.3) is 0 Å². The summed E-state index contributed by atoms with van der Waals surface area (Å²) in [6.07, 6.45) is 3.15. The molecule has 0 radical (unpaired) electrons. The van der Waals surface area contributed by atoms with Crippen LogP contribution in [0.3, 0.4) is 0 Å². The zero-order valence-electron chi connectivity index (χ0n) is 8.54. The third-order valence-electron chi connectivity index (χ3n) is 2.05. The summed E-state index contributed by atoms with van der Waals surface area (Å²) in [6.45, 7) is 0. The van der Waals surface area contributed by atoms with Crippen molar-refractivity contribution in [2.75, 3.05) is 12.4 Å². The Balaban J connectivity index is 2.49. The lowest BCUT2D eigenvalue weighted by atomic mass is 10.1. The molecule has 0 bridgehead atoms. The van der Waals surface area contributed by atoms with Crippen LogP contribution in [-0.2, 0) is 0 Å². The quantitative estimate of drug-likeness (QED) is 0.873. The highest BCUT2D eigenvalue weighted by atomic mass is 35.5. The second-order valence-electron chi connectivity index (χ2n) is 3.20. The average Bonchev–Trinajstić information content (AvgIpc) is 2.28. The monoisotopic (exact) mass is 237 g/mol. The first-order valence-electron chi connectivity index (χ1n) is 4.65. The molecule has 2 aromatic rings. The van der Waals surface area contributed by atoms with Crippen molar-refractivity contribution in [3.05, 3.63) is 41.4 Å². The topological polar surface area (TPSA) is 37.8 Å². The summed E-state index contributed by atoms with van der Waals surface area (Å²) >= 11 is 5.77. The molecule has 0 saturated carbocycles. The number of hydrogen-bond donors (Lipinski definition) is 1.